The average molecular weight is 563 g/mol. The molecule has 0 radical (unpaired) electrons. The molecule has 3 nitrogen and oxygen atoms in total. The Morgan fingerprint density at radius 1 is 0.786 bits per heavy atom. The first kappa shape index (κ1) is 25.2. The lowest BCUT2D eigenvalue weighted by atomic mass is 9.52. The van der Waals surface area contributed by atoms with Gasteiger partial charge in [0.2, 0.25) is 5.91 Å². The molecule has 1 heterocycles. The average Bonchev–Trinajstić information content (AvgIpc) is 3.53. The van der Waals surface area contributed by atoms with E-state index in [1.165, 1.54) is 33.0 Å². The summed E-state index contributed by atoms with van der Waals surface area (Å²) in [5.41, 5.74) is 7.81. The largest absolute Gasteiger partial charge is 0.283 e. The molecule has 1 aromatic heterocycles. The van der Waals surface area contributed by atoms with Crippen molar-refractivity contribution in [3.8, 4) is 11.3 Å². The van der Waals surface area contributed by atoms with Crippen LogP contribution in [0.15, 0.2) is 127 Å². The summed E-state index contributed by atoms with van der Waals surface area (Å²) < 4.78 is 0. The van der Waals surface area contributed by atoms with Crippen molar-refractivity contribution in [2.24, 2.45) is 5.41 Å². The standard InChI is InChI=1S/C38H30N2OS/c1-38(22-33-28-17-7-9-19-31(28)35(38)32-20-10-8-18-29(32)33)36(41)40(23-25-12-3-2-4-13-25)37-39-34(24-42-37)30-21-11-15-26-14-5-6-16-27(26)30/h2-21,24,33,35H,22-23H2,1H3. The third-order valence-electron chi connectivity index (χ3n) is 9.34. The first-order valence-corrected chi connectivity index (χ1v) is 15.5. The number of anilines is 1. The number of benzene rings is 5. The summed E-state index contributed by atoms with van der Waals surface area (Å²) in [6.07, 6.45) is 0.789. The van der Waals surface area contributed by atoms with E-state index in [0.29, 0.717) is 6.54 Å². The van der Waals surface area contributed by atoms with E-state index in [1.54, 1.807) is 11.3 Å². The zero-order valence-electron chi connectivity index (χ0n) is 23.4. The Labute approximate surface area is 250 Å². The highest BCUT2D eigenvalue weighted by molar-refractivity contribution is 7.14. The molecule has 0 fully saturated rings. The highest BCUT2D eigenvalue weighted by Gasteiger charge is 2.55. The Bertz CT molecular complexity index is 1910. The lowest BCUT2D eigenvalue weighted by Gasteiger charge is -2.51. The second kappa shape index (κ2) is 9.78. The van der Waals surface area contributed by atoms with Crippen molar-refractivity contribution in [3.63, 3.8) is 0 Å². The number of hydrogen-bond donors (Lipinski definition) is 0. The molecule has 3 aliphatic rings. The number of amides is 1. The molecular formula is C38H30N2OS. The lowest BCUT2D eigenvalue weighted by molar-refractivity contribution is -0.129. The Morgan fingerprint density at radius 2 is 1.40 bits per heavy atom. The van der Waals surface area contributed by atoms with Gasteiger partial charge in [-0.25, -0.2) is 4.98 Å². The number of thiazole rings is 1. The molecule has 1 amide bonds. The van der Waals surface area contributed by atoms with E-state index in [2.05, 4.69) is 115 Å². The fourth-order valence-electron chi connectivity index (χ4n) is 7.44. The Morgan fingerprint density at radius 3 is 2.14 bits per heavy atom. The van der Waals surface area contributed by atoms with Crippen LogP contribution in [-0.4, -0.2) is 10.9 Å². The molecule has 5 aromatic carbocycles. The van der Waals surface area contributed by atoms with E-state index in [-0.39, 0.29) is 17.7 Å². The minimum atomic E-state index is -0.604. The lowest BCUT2D eigenvalue weighted by Crippen LogP contribution is -2.51. The van der Waals surface area contributed by atoms with Crippen molar-refractivity contribution >= 4 is 33.1 Å². The van der Waals surface area contributed by atoms with Gasteiger partial charge in [0.15, 0.2) is 5.13 Å². The van der Waals surface area contributed by atoms with Crippen LogP contribution in [0.4, 0.5) is 5.13 Å². The molecule has 0 saturated carbocycles. The van der Waals surface area contributed by atoms with Gasteiger partial charge in [0.05, 0.1) is 17.7 Å². The van der Waals surface area contributed by atoms with Gasteiger partial charge in [0.25, 0.3) is 0 Å². The normalized spacial score (nSPS) is 20.2. The maximum Gasteiger partial charge on any atom is 0.236 e. The number of aromatic nitrogens is 1. The van der Waals surface area contributed by atoms with Gasteiger partial charge in [-0.05, 0) is 51.9 Å². The fourth-order valence-corrected chi connectivity index (χ4v) is 8.26. The number of carbonyl (C=O) groups is 1. The van der Waals surface area contributed by atoms with Crippen molar-refractivity contribution in [1.29, 1.82) is 0 Å². The van der Waals surface area contributed by atoms with Gasteiger partial charge in [-0.3, -0.25) is 9.69 Å². The van der Waals surface area contributed by atoms with Crippen molar-refractivity contribution in [2.75, 3.05) is 4.90 Å². The summed E-state index contributed by atoms with van der Waals surface area (Å²) in [7, 11) is 0. The summed E-state index contributed by atoms with van der Waals surface area (Å²) in [4.78, 5) is 22.2. The van der Waals surface area contributed by atoms with Crippen LogP contribution in [0.2, 0.25) is 0 Å². The van der Waals surface area contributed by atoms with Crippen LogP contribution in [0.5, 0.6) is 0 Å². The summed E-state index contributed by atoms with van der Waals surface area (Å²) in [5, 5.41) is 5.20. The second-order valence-corrected chi connectivity index (χ2v) is 12.6. The quantitative estimate of drug-likeness (QED) is 0.210. The molecule has 9 rings (SSSR count). The smallest absolute Gasteiger partial charge is 0.236 e. The topological polar surface area (TPSA) is 33.2 Å². The molecule has 0 N–H and O–H groups in total. The SMILES string of the molecule is CC1(C(=O)N(Cc2ccccc2)c2nc(-c3cccc4ccccc34)cs2)CC2c3ccccc3C1c1ccccc12. The van der Waals surface area contributed by atoms with Crippen LogP contribution in [-0.2, 0) is 11.3 Å². The summed E-state index contributed by atoms with van der Waals surface area (Å²) in [6.45, 7) is 2.68. The molecular weight excluding hydrogens is 532 g/mol. The molecule has 0 aliphatic heterocycles. The molecule has 0 spiro atoms. The van der Waals surface area contributed by atoms with Gasteiger partial charge in [-0.1, -0.05) is 121 Å². The van der Waals surface area contributed by atoms with E-state index < -0.39 is 5.41 Å². The minimum absolute atomic E-state index is 0.00169. The molecule has 6 aromatic rings. The van der Waals surface area contributed by atoms with Gasteiger partial charge in [-0.15, -0.1) is 11.3 Å². The van der Waals surface area contributed by atoms with Gasteiger partial charge in [0.1, 0.15) is 0 Å². The van der Waals surface area contributed by atoms with Gasteiger partial charge < -0.3 is 0 Å². The maximum atomic E-state index is 15.1. The third kappa shape index (κ3) is 3.86. The minimum Gasteiger partial charge on any atom is -0.283 e. The molecule has 0 saturated heterocycles. The number of rotatable bonds is 5. The summed E-state index contributed by atoms with van der Waals surface area (Å²) in [6, 6.07) is 42.5. The van der Waals surface area contributed by atoms with Crippen molar-refractivity contribution in [3.05, 3.63) is 155 Å². The van der Waals surface area contributed by atoms with Crippen molar-refractivity contribution in [2.45, 2.75) is 31.7 Å². The fraction of sp³-hybridized carbons (Fsp3) is 0.158. The molecule has 4 heteroatoms. The number of hydrogen-bond acceptors (Lipinski definition) is 3. The van der Waals surface area contributed by atoms with Crippen molar-refractivity contribution < 1.29 is 4.79 Å². The monoisotopic (exact) mass is 562 g/mol. The van der Waals surface area contributed by atoms with E-state index >= 15 is 4.79 Å². The molecule has 42 heavy (non-hydrogen) atoms. The van der Waals surface area contributed by atoms with Crippen LogP contribution in [0, 0.1) is 5.41 Å². The molecule has 1 unspecified atom stereocenters. The molecule has 2 bridgehead atoms. The van der Waals surface area contributed by atoms with E-state index in [1.807, 2.05) is 23.1 Å². The van der Waals surface area contributed by atoms with Crippen LogP contribution in [0.25, 0.3) is 22.0 Å². The molecule has 1 atom stereocenters. The highest BCUT2D eigenvalue weighted by Crippen LogP contribution is 2.61. The summed E-state index contributed by atoms with van der Waals surface area (Å²) >= 11 is 1.56. The predicted octanol–water partition coefficient (Wildman–Crippen LogP) is 9.18. The van der Waals surface area contributed by atoms with Gasteiger partial charge in [0, 0.05) is 22.8 Å². The van der Waals surface area contributed by atoms with Crippen LogP contribution in [0.3, 0.4) is 0 Å². The Balaban J connectivity index is 1.25. The Hall–Kier alpha value is -4.54. The Kier molecular flexibility index (Phi) is 5.87. The first-order chi connectivity index (χ1) is 20.6. The number of carbonyl (C=O) groups excluding carboxylic acids is 1. The van der Waals surface area contributed by atoms with Gasteiger partial charge >= 0.3 is 0 Å². The number of nitrogens with zero attached hydrogens (tertiary/aromatic N) is 2. The molecule has 204 valence electrons. The zero-order valence-corrected chi connectivity index (χ0v) is 24.2. The predicted molar refractivity (Wildman–Crippen MR) is 172 cm³/mol. The van der Waals surface area contributed by atoms with Crippen LogP contribution in [0.1, 0.15) is 53.0 Å². The van der Waals surface area contributed by atoms with E-state index in [4.69, 9.17) is 4.98 Å². The zero-order chi connectivity index (χ0) is 28.3. The summed E-state index contributed by atoms with van der Waals surface area (Å²) in [5.74, 6) is 0.347. The van der Waals surface area contributed by atoms with Crippen LogP contribution >= 0.6 is 11.3 Å². The van der Waals surface area contributed by atoms with E-state index in [9.17, 15) is 0 Å². The highest BCUT2D eigenvalue weighted by atomic mass is 32.1. The first-order valence-electron chi connectivity index (χ1n) is 14.6. The van der Waals surface area contributed by atoms with Crippen LogP contribution < -0.4 is 4.90 Å². The van der Waals surface area contributed by atoms with Gasteiger partial charge in [-0.2, -0.15) is 0 Å². The van der Waals surface area contributed by atoms with Crippen molar-refractivity contribution in [1.82, 2.24) is 4.98 Å². The van der Waals surface area contributed by atoms with E-state index in [0.717, 1.165) is 28.4 Å². The number of fused-ring (bicyclic) bond motifs is 2. The second-order valence-electron chi connectivity index (χ2n) is 11.8. The third-order valence-corrected chi connectivity index (χ3v) is 10.2. The maximum absolute atomic E-state index is 15.1. The molecule has 3 aliphatic carbocycles.